The van der Waals surface area contributed by atoms with Crippen molar-refractivity contribution in [2.45, 2.75) is 26.9 Å². The molecule has 1 N–H and O–H groups in total. The lowest BCUT2D eigenvalue weighted by atomic mass is 10.1. The SMILES string of the molecule is CCN(CC)CCNCc1nccc2c3ccccc3n(Cc3ccc(F)cc3)c12.Cl.Cl.Cl.Cl. The summed E-state index contributed by atoms with van der Waals surface area (Å²) < 4.78 is 15.7. The second-order valence-corrected chi connectivity index (χ2v) is 7.59. The molecule has 0 saturated heterocycles. The summed E-state index contributed by atoms with van der Waals surface area (Å²) in [5.41, 5.74) is 4.45. The van der Waals surface area contributed by atoms with Gasteiger partial charge < -0.3 is 14.8 Å². The Hall–Kier alpha value is -1.60. The molecule has 34 heavy (non-hydrogen) atoms. The van der Waals surface area contributed by atoms with Crippen LogP contribution in [0.5, 0.6) is 0 Å². The van der Waals surface area contributed by atoms with Gasteiger partial charge in [-0.15, -0.1) is 49.6 Å². The molecule has 0 saturated carbocycles. The Morgan fingerprint density at radius 2 is 1.56 bits per heavy atom. The number of likely N-dealkylation sites (N-methyl/N-ethyl adjacent to an activating group) is 1. The van der Waals surface area contributed by atoms with Crippen LogP contribution in [0.3, 0.4) is 0 Å². The summed E-state index contributed by atoms with van der Waals surface area (Å²) in [6.45, 7) is 9.88. The highest BCUT2D eigenvalue weighted by Crippen LogP contribution is 2.31. The molecule has 0 aliphatic rings. The Labute approximate surface area is 225 Å². The average Bonchev–Trinajstić information content (AvgIpc) is 3.10. The summed E-state index contributed by atoms with van der Waals surface area (Å²) in [5, 5.41) is 6.00. The molecular weight excluding hydrogens is 517 g/mol. The minimum absolute atomic E-state index is 0. The predicted molar refractivity (Wildman–Crippen MR) is 151 cm³/mol. The lowest BCUT2D eigenvalue weighted by Crippen LogP contribution is -2.31. The molecule has 2 aromatic carbocycles. The first-order chi connectivity index (χ1) is 14.7. The number of halogens is 5. The molecular formula is C25H33Cl4FN4. The van der Waals surface area contributed by atoms with E-state index in [-0.39, 0.29) is 55.4 Å². The van der Waals surface area contributed by atoms with E-state index in [1.807, 2.05) is 18.3 Å². The number of hydrogen-bond acceptors (Lipinski definition) is 3. The fourth-order valence-electron chi connectivity index (χ4n) is 4.12. The smallest absolute Gasteiger partial charge is 0.123 e. The molecule has 0 fully saturated rings. The molecule has 0 bridgehead atoms. The van der Waals surface area contributed by atoms with E-state index in [1.165, 1.54) is 28.4 Å². The van der Waals surface area contributed by atoms with Crippen molar-refractivity contribution in [1.29, 1.82) is 0 Å². The topological polar surface area (TPSA) is 33.1 Å². The third kappa shape index (κ3) is 7.20. The van der Waals surface area contributed by atoms with Crippen molar-refractivity contribution in [3.63, 3.8) is 0 Å². The quantitative estimate of drug-likeness (QED) is 0.242. The summed E-state index contributed by atoms with van der Waals surface area (Å²) in [4.78, 5) is 7.13. The van der Waals surface area contributed by atoms with Gasteiger partial charge in [0.15, 0.2) is 0 Å². The highest BCUT2D eigenvalue weighted by Gasteiger charge is 2.15. The lowest BCUT2D eigenvalue weighted by molar-refractivity contribution is 0.302. The van der Waals surface area contributed by atoms with Crippen LogP contribution in [0, 0.1) is 5.82 Å². The number of nitrogens with zero attached hydrogens (tertiary/aromatic N) is 3. The maximum Gasteiger partial charge on any atom is 0.123 e. The maximum absolute atomic E-state index is 13.4. The van der Waals surface area contributed by atoms with Gasteiger partial charge in [0.05, 0.1) is 11.2 Å². The molecule has 0 amide bonds. The van der Waals surface area contributed by atoms with Gasteiger partial charge in [-0.1, -0.05) is 44.2 Å². The largest absolute Gasteiger partial charge is 0.334 e. The Balaban J connectivity index is 0.00000272. The van der Waals surface area contributed by atoms with Crippen LogP contribution in [0.15, 0.2) is 60.8 Å². The van der Waals surface area contributed by atoms with Crippen molar-refractivity contribution < 1.29 is 4.39 Å². The summed E-state index contributed by atoms with van der Waals surface area (Å²) in [6.07, 6.45) is 1.90. The molecule has 0 spiro atoms. The zero-order valence-corrected chi connectivity index (χ0v) is 22.6. The van der Waals surface area contributed by atoms with Crippen molar-refractivity contribution in [3.05, 3.63) is 77.9 Å². The maximum atomic E-state index is 13.4. The van der Waals surface area contributed by atoms with Crippen LogP contribution in [-0.4, -0.2) is 40.6 Å². The van der Waals surface area contributed by atoms with Gasteiger partial charge >= 0.3 is 0 Å². The normalized spacial score (nSPS) is 10.4. The minimum atomic E-state index is -0.208. The van der Waals surface area contributed by atoms with E-state index in [4.69, 9.17) is 4.98 Å². The van der Waals surface area contributed by atoms with E-state index in [0.717, 1.165) is 49.5 Å². The van der Waals surface area contributed by atoms with Crippen LogP contribution in [0.1, 0.15) is 25.1 Å². The molecule has 188 valence electrons. The van der Waals surface area contributed by atoms with Gasteiger partial charge in [-0.2, -0.15) is 0 Å². The van der Waals surface area contributed by atoms with Crippen molar-refractivity contribution in [2.24, 2.45) is 0 Å². The van der Waals surface area contributed by atoms with Gasteiger partial charge in [-0.05, 0) is 42.9 Å². The third-order valence-corrected chi connectivity index (χ3v) is 5.80. The summed E-state index contributed by atoms with van der Waals surface area (Å²) in [5.74, 6) is -0.208. The van der Waals surface area contributed by atoms with Crippen LogP contribution in [0.4, 0.5) is 4.39 Å². The zero-order valence-electron chi connectivity index (χ0n) is 19.4. The molecule has 0 aliphatic carbocycles. The Bertz CT molecular complexity index is 1130. The van der Waals surface area contributed by atoms with Crippen molar-refractivity contribution in [1.82, 2.24) is 19.8 Å². The molecule has 0 atom stereocenters. The molecule has 4 aromatic rings. The van der Waals surface area contributed by atoms with Gasteiger partial charge in [0, 0.05) is 48.7 Å². The van der Waals surface area contributed by atoms with Gasteiger partial charge in [0.2, 0.25) is 0 Å². The standard InChI is InChI=1S/C25H29FN4.4ClH/c1-3-29(4-2)16-15-27-17-23-25-22(13-14-28-23)21-7-5-6-8-24(21)30(25)18-19-9-11-20(26)12-10-19;;;;/h5-14,27H,3-4,15-18H2,1-2H3;4*1H. The summed E-state index contributed by atoms with van der Waals surface area (Å²) in [6, 6.07) is 17.3. The van der Waals surface area contributed by atoms with Crippen molar-refractivity contribution >= 4 is 71.4 Å². The molecule has 2 heterocycles. The van der Waals surface area contributed by atoms with Crippen LogP contribution in [0.2, 0.25) is 0 Å². The van der Waals surface area contributed by atoms with E-state index < -0.39 is 0 Å². The average molecular weight is 550 g/mol. The summed E-state index contributed by atoms with van der Waals surface area (Å²) in [7, 11) is 0. The number of aromatic nitrogens is 2. The number of benzene rings is 2. The Morgan fingerprint density at radius 3 is 2.24 bits per heavy atom. The molecule has 2 aromatic heterocycles. The first-order valence-electron chi connectivity index (χ1n) is 10.7. The van der Waals surface area contributed by atoms with Gasteiger partial charge in [0.1, 0.15) is 5.82 Å². The second-order valence-electron chi connectivity index (χ2n) is 7.59. The van der Waals surface area contributed by atoms with Crippen LogP contribution in [0.25, 0.3) is 21.8 Å². The molecule has 0 radical (unpaired) electrons. The summed E-state index contributed by atoms with van der Waals surface area (Å²) >= 11 is 0. The molecule has 9 heteroatoms. The van der Waals surface area contributed by atoms with Crippen LogP contribution < -0.4 is 5.32 Å². The molecule has 0 unspecified atom stereocenters. The van der Waals surface area contributed by atoms with Crippen LogP contribution >= 0.6 is 49.6 Å². The third-order valence-electron chi connectivity index (χ3n) is 5.80. The Kier molecular flexibility index (Phi) is 14.7. The number of nitrogens with one attached hydrogen (secondary N) is 1. The number of pyridine rings is 1. The molecule has 4 nitrogen and oxygen atoms in total. The number of para-hydroxylation sites is 1. The number of fused-ring (bicyclic) bond motifs is 3. The van der Waals surface area contributed by atoms with Gasteiger partial charge in [-0.25, -0.2) is 4.39 Å². The fraction of sp³-hybridized carbons (Fsp3) is 0.320. The van der Waals surface area contributed by atoms with Crippen LogP contribution in [-0.2, 0) is 13.1 Å². The highest BCUT2D eigenvalue weighted by molar-refractivity contribution is 6.08. The zero-order chi connectivity index (χ0) is 20.9. The van der Waals surface area contributed by atoms with Crippen molar-refractivity contribution in [2.75, 3.05) is 26.2 Å². The molecule has 0 aliphatic heterocycles. The monoisotopic (exact) mass is 548 g/mol. The number of rotatable bonds is 9. The van der Waals surface area contributed by atoms with Gasteiger partial charge in [-0.3, -0.25) is 4.98 Å². The fourth-order valence-corrected chi connectivity index (χ4v) is 4.12. The first kappa shape index (κ1) is 32.4. The Morgan fingerprint density at radius 1 is 0.882 bits per heavy atom. The molecule has 4 rings (SSSR count). The number of hydrogen-bond donors (Lipinski definition) is 1. The van der Waals surface area contributed by atoms with Gasteiger partial charge in [0.25, 0.3) is 0 Å². The first-order valence-corrected chi connectivity index (χ1v) is 10.7. The van der Waals surface area contributed by atoms with E-state index in [2.05, 4.69) is 59.0 Å². The van der Waals surface area contributed by atoms with E-state index in [9.17, 15) is 4.39 Å². The van der Waals surface area contributed by atoms with E-state index in [1.54, 1.807) is 0 Å². The van der Waals surface area contributed by atoms with Crippen molar-refractivity contribution in [3.8, 4) is 0 Å². The highest BCUT2D eigenvalue weighted by atomic mass is 35.5. The van der Waals surface area contributed by atoms with E-state index >= 15 is 0 Å². The second kappa shape index (κ2) is 15.4. The lowest BCUT2D eigenvalue weighted by Gasteiger charge is -2.18. The minimum Gasteiger partial charge on any atom is -0.334 e. The van der Waals surface area contributed by atoms with E-state index in [0.29, 0.717) is 6.54 Å². The predicted octanol–water partition coefficient (Wildman–Crippen LogP) is 6.50.